The second-order valence-corrected chi connectivity index (χ2v) is 5.89. The largest absolute Gasteiger partial charge is 0.491 e. The Bertz CT molecular complexity index is 1010. The second-order valence-electron chi connectivity index (χ2n) is 5.89. The lowest BCUT2D eigenvalue weighted by Gasteiger charge is -2.12. The Morgan fingerprint density at radius 3 is 2.92 bits per heavy atom. The summed E-state index contributed by atoms with van der Waals surface area (Å²) >= 11 is 0. The van der Waals surface area contributed by atoms with E-state index >= 15 is 0 Å². The minimum atomic E-state index is -0.583. The van der Waals surface area contributed by atoms with Gasteiger partial charge in [0.1, 0.15) is 11.4 Å². The maximum Gasteiger partial charge on any atom is 0.254 e. The molecule has 1 aliphatic heterocycles. The van der Waals surface area contributed by atoms with E-state index in [1.165, 1.54) is 13.1 Å². The molecule has 0 fully saturated rings. The van der Waals surface area contributed by atoms with Crippen LogP contribution in [0.5, 0.6) is 5.75 Å². The van der Waals surface area contributed by atoms with E-state index in [1.807, 2.05) is 18.3 Å². The first-order valence-electron chi connectivity index (χ1n) is 7.84. The van der Waals surface area contributed by atoms with Crippen LogP contribution in [0.2, 0.25) is 0 Å². The van der Waals surface area contributed by atoms with E-state index in [-0.39, 0.29) is 17.4 Å². The lowest BCUT2D eigenvalue weighted by atomic mass is 9.89. The zero-order valence-electron chi connectivity index (χ0n) is 13.5. The van der Waals surface area contributed by atoms with E-state index in [0.717, 1.165) is 22.2 Å². The number of fused-ring (bicyclic) bond motifs is 2. The molecule has 1 aliphatic rings. The number of nitrogens with zero attached hydrogens (tertiary/aromatic N) is 1. The van der Waals surface area contributed by atoms with Crippen molar-refractivity contribution >= 4 is 22.8 Å². The highest BCUT2D eigenvalue weighted by molar-refractivity contribution is 6.02. The number of primary amides is 1. The van der Waals surface area contributed by atoms with Crippen molar-refractivity contribution in [1.82, 2.24) is 15.3 Å². The van der Waals surface area contributed by atoms with Crippen molar-refractivity contribution in [2.45, 2.75) is 5.92 Å². The summed E-state index contributed by atoms with van der Waals surface area (Å²) in [4.78, 5) is 31.3. The number of nitrogens with two attached hydrogens (primary N) is 1. The molecule has 0 bridgehead atoms. The normalized spacial score (nSPS) is 15.6. The number of rotatable bonds is 3. The summed E-state index contributed by atoms with van der Waals surface area (Å²) in [6.45, 7) is 0.381. The highest BCUT2D eigenvalue weighted by atomic mass is 16.5. The summed E-state index contributed by atoms with van der Waals surface area (Å²) in [5, 5.41) is 3.55. The molecule has 4 rings (SSSR count). The quantitative estimate of drug-likeness (QED) is 0.674. The molecule has 3 heterocycles. The van der Waals surface area contributed by atoms with Crippen LogP contribution >= 0.6 is 0 Å². The summed E-state index contributed by atoms with van der Waals surface area (Å²) in [6.07, 6.45) is 3.55. The fourth-order valence-corrected chi connectivity index (χ4v) is 3.32. The molecule has 0 radical (unpaired) electrons. The monoisotopic (exact) mass is 336 g/mol. The molecule has 126 valence electrons. The molecule has 0 saturated heterocycles. The fraction of sp³-hybridized carbons (Fsp3) is 0.167. The van der Waals surface area contributed by atoms with Gasteiger partial charge in [-0.25, -0.2) is 4.98 Å². The van der Waals surface area contributed by atoms with Crippen LogP contribution in [0.3, 0.4) is 0 Å². The number of hydrogen-bond acceptors (Lipinski definition) is 4. The van der Waals surface area contributed by atoms with Crippen LogP contribution in [-0.2, 0) is 0 Å². The Balaban J connectivity index is 1.92. The van der Waals surface area contributed by atoms with Crippen LogP contribution in [-0.4, -0.2) is 35.4 Å². The Morgan fingerprint density at radius 2 is 2.16 bits per heavy atom. The molecule has 1 unspecified atom stereocenters. The number of aromatic amines is 1. The first-order chi connectivity index (χ1) is 12.1. The van der Waals surface area contributed by atoms with E-state index in [1.54, 1.807) is 12.3 Å². The molecule has 0 aliphatic carbocycles. The van der Waals surface area contributed by atoms with E-state index in [0.29, 0.717) is 17.9 Å². The summed E-state index contributed by atoms with van der Waals surface area (Å²) in [7, 11) is 1.53. The fourth-order valence-electron chi connectivity index (χ4n) is 3.32. The maximum atomic E-state index is 12.2. The zero-order valence-corrected chi connectivity index (χ0v) is 13.5. The summed E-state index contributed by atoms with van der Waals surface area (Å²) < 4.78 is 5.84. The van der Waals surface area contributed by atoms with Crippen molar-refractivity contribution in [2.24, 2.45) is 5.73 Å². The predicted molar refractivity (Wildman–Crippen MR) is 91.8 cm³/mol. The van der Waals surface area contributed by atoms with Gasteiger partial charge < -0.3 is 20.8 Å². The lowest BCUT2D eigenvalue weighted by Crippen LogP contribution is -2.20. The molecule has 2 aromatic heterocycles. The standard InChI is InChI=1S/C18H16N4O3/c1-20-18(24)13-7-9(16(19)23)6-12-14(8-25-15(12)13)10-2-4-21-17-11(10)3-5-22-17/h2-7,14H,8H2,1H3,(H2,19,23)(H,20,24)(H,21,22). The Morgan fingerprint density at radius 1 is 1.32 bits per heavy atom. The SMILES string of the molecule is CNC(=O)c1cc(C(N)=O)cc2c1OCC2c1ccnc2[nH]ccc12. The molecule has 25 heavy (non-hydrogen) atoms. The van der Waals surface area contributed by atoms with Gasteiger partial charge >= 0.3 is 0 Å². The van der Waals surface area contributed by atoms with Crippen molar-refractivity contribution < 1.29 is 14.3 Å². The van der Waals surface area contributed by atoms with Gasteiger partial charge in [-0.05, 0) is 29.8 Å². The minimum Gasteiger partial charge on any atom is -0.491 e. The third-order valence-corrected chi connectivity index (χ3v) is 4.51. The number of H-pyrrole nitrogens is 1. The summed E-state index contributed by atoms with van der Waals surface area (Å²) in [5.41, 5.74) is 8.63. The highest BCUT2D eigenvalue weighted by Gasteiger charge is 2.32. The summed E-state index contributed by atoms with van der Waals surface area (Å²) in [6, 6.07) is 7.06. The van der Waals surface area contributed by atoms with Gasteiger partial charge in [-0.1, -0.05) is 0 Å². The number of carbonyl (C=O) groups excluding carboxylic acids is 2. The maximum absolute atomic E-state index is 12.2. The van der Waals surface area contributed by atoms with E-state index in [9.17, 15) is 9.59 Å². The Labute approximate surface area is 143 Å². The molecule has 1 aromatic carbocycles. The average Bonchev–Trinajstić information content (AvgIpc) is 3.26. The third-order valence-electron chi connectivity index (χ3n) is 4.51. The molecular formula is C18H16N4O3. The molecule has 2 amide bonds. The number of nitrogens with one attached hydrogen (secondary N) is 2. The smallest absolute Gasteiger partial charge is 0.254 e. The number of aromatic nitrogens is 2. The molecule has 0 spiro atoms. The van der Waals surface area contributed by atoms with Crippen LogP contribution in [0.15, 0.2) is 36.7 Å². The van der Waals surface area contributed by atoms with Gasteiger partial charge in [0, 0.05) is 41.9 Å². The van der Waals surface area contributed by atoms with Crippen LogP contribution in [0.1, 0.15) is 37.8 Å². The van der Waals surface area contributed by atoms with Crippen molar-refractivity contribution in [1.29, 1.82) is 0 Å². The van der Waals surface area contributed by atoms with Gasteiger partial charge in [0.15, 0.2) is 0 Å². The van der Waals surface area contributed by atoms with Crippen LogP contribution in [0, 0.1) is 0 Å². The Kier molecular flexibility index (Phi) is 3.42. The van der Waals surface area contributed by atoms with E-state index < -0.39 is 5.91 Å². The number of ether oxygens (including phenoxy) is 1. The number of carbonyl (C=O) groups is 2. The van der Waals surface area contributed by atoms with Gasteiger partial charge in [-0.2, -0.15) is 0 Å². The van der Waals surface area contributed by atoms with Crippen molar-refractivity contribution in [3.8, 4) is 5.75 Å². The van der Waals surface area contributed by atoms with E-state index in [2.05, 4.69) is 15.3 Å². The van der Waals surface area contributed by atoms with E-state index in [4.69, 9.17) is 10.5 Å². The first kappa shape index (κ1) is 15.2. The van der Waals surface area contributed by atoms with Gasteiger partial charge in [-0.15, -0.1) is 0 Å². The Hall–Kier alpha value is -3.35. The zero-order chi connectivity index (χ0) is 17.6. The summed E-state index contributed by atoms with van der Waals surface area (Å²) in [5.74, 6) is -0.518. The predicted octanol–water partition coefficient (Wildman–Crippen LogP) is 1.55. The van der Waals surface area contributed by atoms with Gasteiger partial charge in [0.05, 0.1) is 12.2 Å². The molecular weight excluding hydrogens is 320 g/mol. The average molecular weight is 336 g/mol. The minimum absolute atomic E-state index is 0.112. The molecule has 7 nitrogen and oxygen atoms in total. The highest BCUT2D eigenvalue weighted by Crippen LogP contribution is 2.42. The second kappa shape index (κ2) is 5.62. The third kappa shape index (κ3) is 2.32. The van der Waals surface area contributed by atoms with Gasteiger partial charge in [0.2, 0.25) is 5.91 Å². The van der Waals surface area contributed by atoms with Crippen molar-refractivity contribution in [3.63, 3.8) is 0 Å². The number of hydrogen-bond donors (Lipinski definition) is 3. The van der Waals surface area contributed by atoms with Crippen LogP contribution in [0.4, 0.5) is 0 Å². The number of amides is 2. The van der Waals surface area contributed by atoms with Crippen LogP contribution < -0.4 is 15.8 Å². The number of benzene rings is 1. The first-order valence-corrected chi connectivity index (χ1v) is 7.84. The number of pyridine rings is 1. The van der Waals surface area contributed by atoms with Gasteiger partial charge in [0.25, 0.3) is 5.91 Å². The van der Waals surface area contributed by atoms with Gasteiger partial charge in [-0.3, -0.25) is 9.59 Å². The molecule has 0 saturated carbocycles. The lowest BCUT2D eigenvalue weighted by molar-refractivity contribution is 0.0960. The van der Waals surface area contributed by atoms with Crippen molar-refractivity contribution in [3.05, 3.63) is 58.9 Å². The van der Waals surface area contributed by atoms with Crippen LogP contribution in [0.25, 0.3) is 11.0 Å². The molecule has 3 aromatic rings. The topological polar surface area (TPSA) is 110 Å². The molecule has 7 heteroatoms. The molecule has 1 atom stereocenters. The molecule has 4 N–H and O–H groups in total. The van der Waals surface area contributed by atoms with Crippen molar-refractivity contribution in [2.75, 3.05) is 13.7 Å².